The number of piperidine rings is 9. The van der Waals surface area contributed by atoms with E-state index in [1.165, 1.54) is 101 Å². The summed E-state index contributed by atoms with van der Waals surface area (Å²) >= 11 is 11.5. The number of halogens is 2. The first kappa shape index (κ1) is 72.6. The topological polar surface area (TPSA) is 185 Å². The molecule has 15 nitrogen and oxygen atoms in total. The molecule has 0 unspecified atom stereocenters. The van der Waals surface area contributed by atoms with Gasteiger partial charge < -0.3 is 70.5 Å². The van der Waals surface area contributed by atoms with Gasteiger partial charge in [0.2, 0.25) is 16.8 Å². The predicted molar refractivity (Wildman–Crippen MR) is 370 cm³/mol. The van der Waals surface area contributed by atoms with Crippen LogP contribution in [0.1, 0.15) is 80.6 Å². The standard InChI is InChI=1S/C26H30NO4S2.C17H19NO3S2.C11H10O3S2.C9H11BrO.C7H13NO.BrH/c28-25(26(29,23-9-4-17-32-23)24-10-5-18-33-24)31-22-19-27(14-11-20(22)12-15-27)13-6-16-30-21-7-2-1-3-8-21;19-16(21-13-11-18-7-5-12(13)6-8-18)17(20,14-3-1-9-22-14)15-4-2-10-23-15;1-14-10(12)11(13,8-4-2-6-15-8)9-5-3-7-16-9;10-7-4-8-11-9-5-2-1-3-6-9;9-7-5-8-3-1-6(7)2-4-8;/h1-5,7-10,17-18,20,22,29H,6,11-16,19H2;1-4,9-10,12-13,20H,5-8,11H2;2-7,13H,1H3;1-3,5-6H,4,7-8H2;6-7,9H,1-5H2;1H/q+1;;;;;/p-1/t20?,22-,27?;13-;;;7-;/m00..0./s1. The maximum absolute atomic E-state index is 13.4. The first-order valence-corrected chi connectivity index (χ1v) is 38.0. The van der Waals surface area contributed by atoms with E-state index in [2.05, 4.69) is 30.5 Å². The number of esters is 3. The molecule has 2 aromatic carbocycles. The van der Waals surface area contributed by atoms with Gasteiger partial charge in [0.15, 0.2) is 6.10 Å². The Morgan fingerprint density at radius 1 is 0.495 bits per heavy atom. The number of para-hydroxylation sites is 2. The summed E-state index contributed by atoms with van der Waals surface area (Å²) in [5, 5.41) is 54.8. The summed E-state index contributed by atoms with van der Waals surface area (Å²) in [5.74, 6) is 1.56. The van der Waals surface area contributed by atoms with E-state index in [0.717, 1.165) is 119 Å². The average molecular weight is 1510 g/mol. The SMILES string of the molecule is BrCCCOc1ccccc1.COC(=O)C(O)(c1cccs1)c1cccs1.O=C(O[C@H]1CN2CCC1CC2)C(O)(c1cccs1)c1cccs1.O=C(O[C@H]1C[N+]2(CCCOc3ccccc3)CCC1CC2)C(O)(c1cccs1)c1cccs1.O[C@H]1CN2CCC1CC2.[Br-]. The highest BCUT2D eigenvalue weighted by atomic mass is 79.9. The highest BCUT2D eigenvalue weighted by Crippen LogP contribution is 2.43. The van der Waals surface area contributed by atoms with Crippen molar-refractivity contribution in [2.24, 2.45) is 17.8 Å². The number of thiophene rings is 6. The maximum atomic E-state index is 13.4. The Morgan fingerprint density at radius 2 is 0.860 bits per heavy atom. The number of quaternary nitrogens is 1. The summed E-state index contributed by atoms with van der Waals surface area (Å²) in [5.41, 5.74) is -5.09. The molecule has 0 radical (unpaired) electrons. The smallest absolute Gasteiger partial charge is 0.349 e. The number of carbonyl (C=O) groups excluding carboxylic acids is 3. The van der Waals surface area contributed by atoms with Crippen molar-refractivity contribution in [3.63, 3.8) is 0 Å². The lowest BCUT2D eigenvalue weighted by Crippen LogP contribution is -3.00. The molecular weight excluding hydrogens is 1430 g/mol. The molecule has 0 spiro atoms. The Kier molecular flexibility index (Phi) is 27.3. The fraction of sp³-hybridized carbons (Fsp3) is 0.443. The maximum Gasteiger partial charge on any atom is 0.349 e. The molecule has 8 aromatic rings. The van der Waals surface area contributed by atoms with Crippen LogP contribution in [0.3, 0.4) is 0 Å². The average Bonchev–Trinajstić information content (AvgIpc) is 1.66. The van der Waals surface area contributed by atoms with Crippen LogP contribution in [0.15, 0.2) is 166 Å². The number of ether oxygens (including phenoxy) is 5. The van der Waals surface area contributed by atoms with Crippen LogP contribution in [0.5, 0.6) is 11.5 Å². The third kappa shape index (κ3) is 18.1. The van der Waals surface area contributed by atoms with Gasteiger partial charge in [-0.05, 0) is 163 Å². The van der Waals surface area contributed by atoms with E-state index in [9.17, 15) is 34.8 Å². The minimum atomic E-state index is -1.73. The lowest BCUT2D eigenvalue weighted by Gasteiger charge is -2.52. The zero-order chi connectivity index (χ0) is 64.4. The number of alkyl halides is 1. The summed E-state index contributed by atoms with van der Waals surface area (Å²) in [7, 11) is 1.27. The molecule has 0 saturated carbocycles. The molecule has 3 atom stereocenters. The molecule has 9 aliphatic rings. The van der Waals surface area contributed by atoms with Crippen LogP contribution in [0.4, 0.5) is 0 Å². The number of nitrogens with zero attached hydrogens (tertiary/aromatic N) is 3. The fourth-order valence-electron chi connectivity index (χ4n) is 13.0. The van der Waals surface area contributed by atoms with E-state index in [0.29, 0.717) is 53.6 Å². The number of rotatable bonds is 20. The number of fused-ring (bicyclic) bond motifs is 9. The van der Waals surface area contributed by atoms with Crippen LogP contribution in [0, 0.1) is 17.8 Å². The van der Waals surface area contributed by atoms with Gasteiger partial charge in [-0.1, -0.05) is 88.7 Å². The monoisotopic (exact) mass is 1510 g/mol. The molecular formula is C70H83Br2N3O12S6. The molecule has 4 N–H and O–H groups in total. The molecule has 500 valence electrons. The molecule has 0 amide bonds. The van der Waals surface area contributed by atoms with E-state index in [1.54, 1.807) is 36.4 Å². The molecule has 9 saturated heterocycles. The third-order valence-corrected chi connectivity index (χ3v) is 24.6. The predicted octanol–water partition coefficient (Wildman–Crippen LogP) is 9.50. The van der Waals surface area contributed by atoms with E-state index in [-0.39, 0.29) is 35.3 Å². The van der Waals surface area contributed by atoms with Crippen LogP contribution >= 0.6 is 84.0 Å². The van der Waals surface area contributed by atoms with Crippen molar-refractivity contribution in [2.45, 2.75) is 86.5 Å². The summed E-state index contributed by atoms with van der Waals surface area (Å²) in [6.07, 6.45) is 8.49. The second kappa shape index (κ2) is 35.0. The van der Waals surface area contributed by atoms with Gasteiger partial charge in [0.1, 0.15) is 24.1 Å². The van der Waals surface area contributed by atoms with E-state index in [1.807, 2.05) is 129 Å². The van der Waals surface area contributed by atoms with Gasteiger partial charge in [0.05, 0.1) is 75.3 Å². The van der Waals surface area contributed by atoms with Crippen LogP contribution in [-0.2, 0) is 45.4 Å². The molecule has 6 bridgehead atoms. The van der Waals surface area contributed by atoms with Crippen molar-refractivity contribution in [3.8, 4) is 11.5 Å². The van der Waals surface area contributed by atoms with Crippen molar-refractivity contribution in [1.82, 2.24) is 9.80 Å². The molecule has 23 heteroatoms. The first-order chi connectivity index (χ1) is 44.7. The highest BCUT2D eigenvalue weighted by Gasteiger charge is 2.52. The van der Waals surface area contributed by atoms with Crippen molar-refractivity contribution in [1.29, 1.82) is 0 Å². The van der Waals surface area contributed by atoms with Crippen molar-refractivity contribution >= 4 is 102 Å². The van der Waals surface area contributed by atoms with Gasteiger partial charge in [-0.2, -0.15) is 0 Å². The molecule has 15 heterocycles. The Labute approximate surface area is 588 Å². The minimum Gasteiger partial charge on any atom is -1.00 e. The second-order valence-corrected chi connectivity index (χ2v) is 30.4. The number of aliphatic hydroxyl groups is 4. The van der Waals surface area contributed by atoms with Gasteiger partial charge in [0.25, 0.3) is 0 Å². The summed E-state index contributed by atoms with van der Waals surface area (Å²) in [6, 6.07) is 41.4. The Hall–Kier alpha value is -4.67. The summed E-state index contributed by atoms with van der Waals surface area (Å²) < 4.78 is 28.9. The van der Waals surface area contributed by atoms with Crippen LogP contribution in [-0.4, -0.2) is 162 Å². The lowest BCUT2D eigenvalue weighted by atomic mass is 9.83. The summed E-state index contributed by atoms with van der Waals surface area (Å²) in [6.45, 7) is 11.9. The number of hydrogen-bond donors (Lipinski definition) is 4. The molecule has 9 fully saturated rings. The third-order valence-electron chi connectivity index (χ3n) is 18.2. The summed E-state index contributed by atoms with van der Waals surface area (Å²) in [4.78, 5) is 46.4. The van der Waals surface area contributed by atoms with Gasteiger partial charge in [0, 0.05) is 43.6 Å². The largest absolute Gasteiger partial charge is 1.00 e. The Morgan fingerprint density at radius 3 is 1.18 bits per heavy atom. The molecule has 93 heavy (non-hydrogen) atoms. The van der Waals surface area contributed by atoms with Crippen molar-refractivity contribution in [3.05, 3.63) is 195 Å². The van der Waals surface area contributed by atoms with Crippen molar-refractivity contribution < 1.29 is 80.0 Å². The van der Waals surface area contributed by atoms with E-state index in [4.69, 9.17) is 18.9 Å². The second-order valence-electron chi connectivity index (χ2n) is 24.0. The van der Waals surface area contributed by atoms with Gasteiger partial charge in [-0.25, -0.2) is 14.4 Å². The van der Waals surface area contributed by atoms with Crippen LogP contribution in [0.25, 0.3) is 0 Å². The molecule has 6 aromatic heterocycles. The van der Waals surface area contributed by atoms with E-state index >= 15 is 0 Å². The van der Waals surface area contributed by atoms with Crippen LogP contribution < -0.4 is 26.5 Å². The minimum absolute atomic E-state index is 0. The van der Waals surface area contributed by atoms with Gasteiger partial charge >= 0.3 is 17.9 Å². The van der Waals surface area contributed by atoms with Gasteiger partial charge in [-0.3, -0.25) is 4.90 Å². The quantitative estimate of drug-likeness (QED) is 0.0186. The van der Waals surface area contributed by atoms with Gasteiger partial charge in [-0.15, -0.1) is 68.0 Å². The Balaban J connectivity index is 0.000000148. The fourth-order valence-corrected chi connectivity index (χ4v) is 18.4. The zero-order valence-corrected chi connectivity index (χ0v) is 60.2. The number of aliphatic hydroxyl groups excluding tert-OH is 1. The zero-order valence-electron chi connectivity index (χ0n) is 52.1. The number of methoxy groups -OCH3 is 1. The number of benzene rings is 2. The highest BCUT2D eigenvalue weighted by molar-refractivity contribution is 9.09. The number of hydrogen-bond acceptors (Lipinski definition) is 20. The van der Waals surface area contributed by atoms with Crippen LogP contribution in [0.2, 0.25) is 0 Å². The number of carbonyl (C=O) groups is 3. The normalized spacial score (nSPS) is 23.3. The van der Waals surface area contributed by atoms with E-state index < -0.39 is 34.7 Å². The lowest BCUT2D eigenvalue weighted by molar-refractivity contribution is -0.946. The molecule has 0 aliphatic carbocycles. The van der Waals surface area contributed by atoms with Crippen molar-refractivity contribution in [2.75, 3.05) is 91.1 Å². The first-order valence-electron chi connectivity index (χ1n) is 31.6. The molecule has 9 aliphatic heterocycles. The molecule has 17 rings (SSSR count). The Bertz CT molecular complexity index is 3290.